The van der Waals surface area contributed by atoms with Gasteiger partial charge in [-0.05, 0) is 37.0 Å². The predicted molar refractivity (Wildman–Crippen MR) is 90.2 cm³/mol. The molecule has 0 aliphatic carbocycles. The highest BCUT2D eigenvalue weighted by molar-refractivity contribution is 5.97. The fourth-order valence-corrected chi connectivity index (χ4v) is 2.85. The first-order valence-corrected chi connectivity index (χ1v) is 7.50. The number of anilines is 1. The topological polar surface area (TPSA) is 75.4 Å². The van der Waals surface area contributed by atoms with Crippen molar-refractivity contribution in [1.29, 1.82) is 0 Å². The van der Waals surface area contributed by atoms with E-state index in [1.165, 1.54) is 25.1 Å². The van der Waals surface area contributed by atoms with E-state index in [4.69, 9.17) is 5.73 Å². The number of hydrogen-bond donors (Lipinski definition) is 2. The number of carbonyl (C=O) groups excluding carboxylic acids is 2. The Balaban J connectivity index is 0.00000264. The van der Waals surface area contributed by atoms with Crippen molar-refractivity contribution >= 4 is 29.9 Å². The molecule has 0 spiro atoms. The van der Waals surface area contributed by atoms with Crippen LogP contribution < -0.4 is 11.1 Å². The first-order valence-electron chi connectivity index (χ1n) is 7.50. The Kier molecular flexibility index (Phi) is 6.97. The molecule has 1 aromatic carbocycles. The van der Waals surface area contributed by atoms with Crippen molar-refractivity contribution in [3.8, 4) is 0 Å². The fourth-order valence-electron chi connectivity index (χ4n) is 2.85. The highest BCUT2D eigenvalue weighted by atomic mass is 35.5. The van der Waals surface area contributed by atoms with Gasteiger partial charge in [0.25, 0.3) is 5.91 Å². The van der Waals surface area contributed by atoms with Gasteiger partial charge in [-0.2, -0.15) is 0 Å². The molecule has 0 saturated carbocycles. The third kappa shape index (κ3) is 4.65. The highest BCUT2D eigenvalue weighted by Gasteiger charge is 2.29. The summed E-state index contributed by atoms with van der Waals surface area (Å²) in [5.41, 5.74) is 6.16. The van der Waals surface area contributed by atoms with Crippen LogP contribution in [0, 0.1) is 11.7 Å². The van der Waals surface area contributed by atoms with Gasteiger partial charge in [0.15, 0.2) is 0 Å². The Hall–Kier alpha value is -1.66. The number of nitrogens with zero attached hydrogens (tertiary/aromatic N) is 1. The summed E-state index contributed by atoms with van der Waals surface area (Å²) in [7, 11) is 0. The lowest BCUT2D eigenvalue weighted by atomic mass is 9.92. The minimum Gasteiger partial charge on any atom is -0.334 e. The predicted octanol–water partition coefficient (Wildman–Crippen LogP) is 2.41. The lowest BCUT2D eigenvalue weighted by Gasteiger charge is -2.38. The van der Waals surface area contributed by atoms with Crippen LogP contribution in [0.4, 0.5) is 10.1 Å². The first kappa shape index (κ1) is 19.4. The van der Waals surface area contributed by atoms with Gasteiger partial charge in [0.05, 0.1) is 5.69 Å². The number of nitrogens with one attached hydrogen (secondary N) is 1. The minimum absolute atomic E-state index is 0. The molecular formula is C16H23ClFN3O2. The largest absolute Gasteiger partial charge is 0.334 e. The molecule has 1 aliphatic rings. The number of carbonyl (C=O) groups is 2. The molecule has 0 aromatic heterocycles. The quantitative estimate of drug-likeness (QED) is 0.885. The van der Waals surface area contributed by atoms with Crippen LogP contribution >= 0.6 is 12.4 Å². The smallest absolute Gasteiger partial charge is 0.254 e. The monoisotopic (exact) mass is 343 g/mol. The van der Waals surface area contributed by atoms with Gasteiger partial charge in [-0.25, -0.2) is 4.39 Å². The molecule has 2 atom stereocenters. The average molecular weight is 344 g/mol. The average Bonchev–Trinajstić information content (AvgIpc) is 2.48. The minimum atomic E-state index is -0.561. The van der Waals surface area contributed by atoms with E-state index in [0.29, 0.717) is 24.6 Å². The summed E-state index contributed by atoms with van der Waals surface area (Å²) in [4.78, 5) is 25.5. The van der Waals surface area contributed by atoms with Gasteiger partial charge in [0.2, 0.25) is 5.91 Å². The molecule has 23 heavy (non-hydrogen) atoms. The summed E-state index contributed by atoms with van der Waals surface area (Å²) in [5, 5.41) is 2.39. The van der Waals surface area contributed by atoms with Crippen LogP contribution in [0.5, 0.6) is 0 Å². The maximum absolute atomic E-state index is 13.7. The van der Waals surface area contributed by atoms with Crippen LogP contribution in [0.15, 0.2) is 18.2 Å². The summed E-state index contributed by atoms with van der Waals surface area (Å²) in [6.45, 7) is 4.51. The second kappa shape index (κ2) is 8.26. The lowest BCUT2D eigenvalue weighted by molar-refractivity contribution is -0.114. The molecule has 1 saturated heterocycles. The Morgan fingerprint density at radius 2 is 2.13 bits per heavy atom. The van der Waals surface area contributed by atoms with Gasteiger partial charge < -0.3 is 16.0 Å². The number of likely N-dealkylation sites (tertiary alicyclic amines) is 1. The molecule has 2 amide bonds. The summed E-state index contributed by atoms with van der Waals surface area (Å²) in [5.74, 6) is -0.570. The van der Waals surface area contributed by atoms with Gasteiger partial charge in [-0.3, -0.25) is 9.59 Å². The van der Waals surface area contributed by atoms with Crippen molar-refractivity contribution in [2.75, 3.05) is 18.4 Å². The molecule has 7 heteroatoms. The summed E-state index contributed by atoms with van der Waals surface area (Å²) in [6, 6.07) is 4.02. The van der Waals surface area contributed by atoms with Crippen molar-refractivity contribution < 1.29 is 14.0 Å². The number of benzene rings is 1. The molecule has 1 heterocycles. The molecular weight excluding hydrogens is 321 g/mol. The van der Waals surface area contributed by atoms with Crippen molar-refractivity contribution in [2.45, 2.75) is 32.7 Å². The summed E-state index contributed by atoms with van der Waals surface area (Å²) < 4.78 is 13.7. The number of piperidine rings is 1. The van der Waals surface area contributed by atoms with Crippen molar-refractivity contribution in [1.82, 2.24) is 4.90 Å². The third-order valence-electron chi connectivity index (χ3n) is 4.03. The molecule has 1 fully saturated rings. The van der Waals surface area contributed by atoms with Crippen LogP contribution in [0.2, 0.25) is 0 Å². The zero-order valence-electron chi connectivity index (χ0n) is 13.3. The fraction of sp³-hybridized carbons (Fsp3) is 0.500. The van der Waals surface area contributed by atoms with Gasteiger partial charge in [-0.1, -0.05) is 6.92 Å². The normalized spacial score (nSPS) is 20.6. The molecule has 2 rings (SSSR count). The van der Waals surface area contributed by atoms with Gasteiger partial charge in [0.1, 0.15) is 5.82 Å². The van der Waals surface area contributed by atoms with E-state index in [1.807, 2.05) is 0 Å². The zero-order valence-corrected chi connectivity index (χ0v) is 14.2. The number of hydrogen-bond acceptors (Lipinski definition) is 3. The highest BCUT2D eigenvalue weighted by Crippen LogP contribution is 2.25. The Bertz CT molecular complexity index is 582. The second-order valence-corrected chi connectivity index (χ2v) is 5.89. The van der Waals surface area contributed by atoms with Crippen LogP contribution in [0.25, 0.3) is 0 Å². The number of nitrogens with two attached hydrogens (primary N) is 1. The van der Waals surface area contributed by atoms with E-state index >= 15 is 0 Å². The van der Waals surface area contributed by atoms with E-state index in [9.17, 15) is 14.0 Å². The maximum atomic E-state index is 13.7. The lowest BCUT2D eigenvalue weighted by Crippen LogP contribution is -2.49. The van der Waals surface area contributed by atoms with Crippen molar-refractivity contribution in [2.24, 2.45) is 11.7 Å². The van der Waals surface area contributed by atoms with Crippen LogP contribution in [0.1, 0.15) is 37.0 Å². The van der Waals surface area contributed by atoms with Crippen molar-refractivity contribution in [3.63, 3.8) is 0 Å². The number of amides is 2. The van der Waals surface area contributed by atoms with E-state index in [-0.39, 0.29) is 36.0 Å². The van der Waals surface area contributed by atoms with Crippen LogP contribution in [-0.4, -0.2) is 35.8 Å². The summed E-state index contributed by atoms with van der Waals surface area (Å²) in [6.07, 6.45) is 1.81. The standard InChI is InChI=1S/C16H22FN3O2.ClH/c1-10-5-6-20(13(7-10)9-18)16(22)12-3-4-14(17)15(8-12)19-11(2)21;/h3-4,8,10,13H,5-7,9,18H2,1-2H3,(H,19,21);1H. The molecule has 128 valence electrons. The number of halogens is 2. The Labute approximate surface area is 141 Å². The molecule has 0 radical (unpaired) electrons. The van der Waals surface area contributed by atoms with E-state index in [2.05, 4.69) is 12.2 Å². The van der Waals surface area contributed by atoms with Gasteiger partial charge >= 0.3 is 0 Å². The van der Waals surface area contributed by atoms with Crippen molar-refractivity contribution in [3.05, 3.63) is 29.6 Å². The second-order valence-electron chi connectivity index (χ2n) is 5.89. The first-order chi connectivity index (χ1) is 10.4. The number of rotatable bonds is 3. The van der Waals surface area contributed by atoms with E-state index in [1.54, 1.807) is 4.90 Å². The van der Waals surface area contributed by atoms with E-state index < -0.39 is 5.82 Å². The maximum Gasteiger partial charge on any atom is 0.254 e. The summed E-state index contributed by atoms with van der Waals surface area (Å²) >= 11 is 0. The Morgan fingerprint density at radius 1 is 1.43 bits per heavy atom. The third-order valence-corrected chi connectivity index (χ3v) is 4.03. The molecule has 1 aliphatic heterocycles. The molecule has 3 N–H and O–H groups in total. The Morgan fingerprint density at radius 3 is 2.74 bits per heavy atom. The molecule has 1 aromatic rings. The SMILES string of the molecule is CC(=O)Nc1cc(C(=O)N2CCC(C)CC2CN)ccc1F.Cl. The van der Waals surface area contributed by atoms with E-state index in [0.717, 1.165) is 12.8 Å². The van der Waals surface area contributed by atoms with Gasteiger partial charge in [-0.15, -0.1) is 12.4 Å². The van der Waals surface area contributed by atoms with Crippen LogP contribution in [0.3, 0.4) is 0 Å². The molecule has 0 bridgehead atoms. The zero-order chi connectivity index (χ0) is 16.3. The van der Waals surface area contributed by atoms with Gasteiger partial charge in [0, 0.05) is 31.6 Å². The molecule has 5 nitrogen and oxygen atoms in total. The van der Waals surface area contributed by atoms with Crippen LogP contribution in [-0.2, 0) is 4.79 Å². The molecule has 2 unspecified atom stereocenters.